The second kappa shape index (κ2) is 5.89. The quantitative estimate of drug-likeness (QED) is 0.548. The van der Waals surface area contributed by atoms with Crippen molar-refractivity contribution in [3.05, 3.63) is 29.3 Å². The molecule has 0 heterocycles. The molecule has 5 heteroatoms. The van der Waals surface area contributed by atoms with Crippen LogP contribution in [-0.2, 0) is 12.8 Å². The molecule has 5 nitrogen and oxygen atoms in total. The molecule has 0 bridgehead atoms. The van der Waals surface area contributed by atoms with Gasteiger partial charge in [0, 0.05) is 5.69 Å². The van der Waals surface area contributed by atoms with Crippen molar-refractivity contribution in [2.24, 2.45) is 16.5 Å². The predicted molar refractivity (Wildman–Crippen MR) is 70.0 cm³/mol. The molecule has 0 spiro atoms. The molecule has 0 saturated carbocycles. The number of guanidine groups is 1. The molecule has 0 saturated heterocycles. The number of anilines is 1. The summed E-state index contributed by atoms with van der Waals surface area (Å²) in [5.74, 6) is -0.245. The number of benzene rings is 1. The van der Waals surface area contributed by atoms with Gasteiger partial charge in [0.2, 0.25) is 0 Å². The minimum Gasteiger partial charge on any atom is -0.370 e. The maximum absolute atomic E-state index is 11.4. The van der Waals surface area contributed by atoms with Gasteiger partial charge in [-0.25, -0.2) is 4.79 Å². The molecule has 17 heavy (non-hydrogen) atoms. The van der Waals surface area contributed by atoms with E-state index in [0.717, 1.165) is 24.1 Å². The van der Waals surface area contributed by atoms with Crippen molar-refractivity contribution in [1.82, 2.24) is 0 Å². The number of aryl methyl sites for hydroxylation is 2. The number of urea groups is 1. The standard InChI is InChI=1S/C12H18N4O/c1-3-8-5-6-10(9(4-2)7-8)15-12(17)16-11(13)14/h5-7H,3-4H2,1-2H3,(H5,13,14,15,16,17). The van der Waals surface area contributed by atoms with Crippen LogP contribution < -0.4 is 16.8 Å². The molecule has 0 unspecified atom stereocenters. The second-order valence-electron chi connectivity index (χ2n) is 3.67. The van der Waals surface area contributed by atoms with Gasteiger partial charge < -0.3 is 16.8 Å². The fourth-order valence-corrected chi connectivity index (χ4v) is 1.54. The molecule has 0 atom stereocenters. The van der Waals surface area contributed by atoms with E-state index in [0.29, 0.717) is 0 Å². The molecule has 1 aromatic rings. The SMILES string of the molecule is CCc1ccc(NC(=O)N=C(N)N)c(CC)c1. The first-order valence-electron chi connectivity index (χ1n) is 5.59. The van der Waals surface area contributed by atoms with E-state index in [1.54, 1.807) is 0 Å². The van der Waals surface area contributed by atoms with Gasteiger partial charge in [0.25, 0.3) is 0 Å². The second-order valence-corrected chi connectivity index (χ2v) is 3.67. The van der Waals surface area contributed by atoms with Crippen LogP contribution in [0.5, 0.6) is 0 Å². The van der Waals surface area contributed by atoms with Crippen molar-refractivity contribution in [3.63, 3.8) is 0 Å². The van der Waals surface area contributed by atoms with Crippen LogP contribution in [0.1, 0.15) is 25.0 Å². The molecule has 5 N–H and O–H groups in total. The van der Waals surface area contributed by atoms with Crippen molar-refractivity contribution in [2.75, 3.05) is 5.32 Å². The van der Waals surface area contributed by atoms with Crippen molar-refractivity contribution < 1.29 is 4.79 Å². The van der Waals surface area contributed by atoms with Crippen LogP contribution in [0.15, 0.2) is 23.2 Å². The Kier molecular flexibility index (Phi) is 4.51. The molecule has 2 amide bonds. The Morgan fingerprint density at radius 3 is 2.53 bits per heavy atom. The van der Waals surface area contributed by atoms with Gasteiger partial charge >= 0.3 is 6.03 Å². The number of nitrogens with zero attached hydrogens (tertiary/aromatic N) is 1. The normalized spacial score (nSPS) is 9.76. The summed E-state index contributed by atoms with van der Waals surface area (Å²) in [5.41, 5.74) is 13.3. The molecule has 1 rings (SSSR count). The van der Waals surface area contributed by atoms with Crippen LogP contribution in [0, 0.1) is 0 Å². The average molecular weight is 234 g/mol. The molecule has 1 aromatic carbocycles. The maximum Gasteiger partial charge on any atom is 0.348 e. The Hall–Kier alpha value is -2.04. The van der Waals surface area contributed by atoms with Crippen molar-refractivity contribution in [2.45, 2.75) is 26.7 Å². The van der Waals surface area contributed by atoms with E-state index in [1.807, 2.05) is 19.1 Å². The zero-order chi connectivity index (χ0) is 12.8. The van der Waals surface area contributed by atoms with Gasteiger partial charge in [-0.2, -0.15) is 4.99 Å². The Labute approximate surface area is 101 Å². The van der Waals surface area contributed by atoms with E-state index in [9.17, 15) is 4.79 Å². The van der Waals surface area contributed by atoms with E-state index in [4.69, 9.17) is 11.5 Å². The van der Waals surface area contributed by atoms with Crippen molar-refractivity contribution >= 4 is 17.7 Å². The first-order chi connectivity index (χ1) is 8.06. The molecule has 0 fully saturated rings. The minimum atomic E-state index is -0.552. The van der Waals surface area contributed by atoms with Gasteiger partial charge in [-0.15, -0.1) is 0 Å². The maximum atomic E-state index is 11.4. The molecule has 0 aromatic heterocycles. The van der Waals surface area contributed by atoms with Crippen LogP contribution in [0.3, 0.4) is 0 Å². The number of hydrogen-bond acceptors (Lipinski definition) is 1. The molecule has 0 aliphatic heterocycles. The largest absolute Gasteiger partial charge is 0.370 e. The highest BCUT2D eigenvalue weighted by molar-refractivity contribution is 5.98. The number of carbonyl (C=O) groups excluding carboxylic acids is 1. The summed E-state index contributed by atoms with van der Waals surface area (Å²) >= 11 is 0. The van der Waals surface area contributed by atoms with E-state index >= 15 is 0 Å². The number of nitrogens with two attached hydrogens (primary N) is 2. The highest BCUT2D eigenvalue weighted by Crippen LogP contribution is 2.18. The van der Waals surface area contributed by atoms with Crippen LogP contribution in [0.4, 0.5) is 10.5 Å². The molecule has 0 aliphatic carbocycles. The number of aliphatic imine (C=N–C) groups is 1. The Balaban J connectivity index is 2.91. The van der Waals surface area contributed by atoms with Crippen LogP contribution >= 0.6 is 0 Å². The number of nitrogens with one attached hydrogen (secondary N) is 1. The first-order valence-corrected chi connectivity index (χ1v) is 5.59. The summed E-state index contributed by atoms with van der Waals surface area (Å²) < 4.78 is 0. The number of carbonyl (C=O) groups is 1. The van der Waals surface area contributed by atoms with Gasteiger partial charge in [0.1, 0.15) is 0 Å². The topological polar surface area (TPSA) is 93.5 Å². The molecule has 92 valence electrons. The highest BCUT2D eigenvalue weighted by atomic mass is 16.2. The highest BCUT2D eigenvalue weighted by Gasteiger charge is 2.05. The van der Waals surface area contributed by atoms with E-state index in [1.165, 1.54) is 5.56 Å². The van der Waals surface area contributed by atoms with Gasteiger partial charge in [0.15, 0.2) is 5.96 Å². The van der Waals surface area contributed by atoms with E-state index in [2.05, 4.69) is 23.3 Å². The molecule has 0 radical (unpaired) electrons. The van der Waals surface area contributed by atoms with Crippen LogP contribution in [-0.4, -0.2) is 12.0 Å². The van der Waals surface area contributed by atoms with Gasteiger partial charge in [0.05, 0.1) is 0 Å². The minimum absolute atomic E-state index is 0.245. The summed E-state index contributed by atoms with van der Waals surface area (Å²) in [6.45, 7) is 4.12. The zero-order valence-electron chi connectivity index (χ0n) is 10.2. The lowest BCUT2D eigenvalue weighted by molar-refractivity contribution is 0.259. The number of rotatable bonds is 3. The predicted octanol–water partition coefficient (Wildman–Crippen LogP) is 1.62. The summed E-state index contributed by atoms with van der Waals surface area (Å²) in [7, 11) is 0. The zero-order valence-corrected chi connectivity index (χ0v) is 10.2. The number of amides is 2. The van der Waals surface area contributed by atoms with Crippen molar-refractivity contribution in [3.8, 4) is 0 Å². The molecule has 0 aliphatic rings. The Morgan fingerprint density at radius 2 is 2.00 bits per heavy atom. The fraction of sp³-hybridized carbons (Fsp3) is 0.333. The Bertz CT molecular complexity index is 436. The fourth-order valence-electron chi connectivity index (χ4n) is 1.54. The summed E-state index contributed by atoms with van der Waals surface area (Å²) in [4.78, 5) is 14.8. The third-order valence-corrected chi connectivity index (χ3v) is 2.43. The lowest BCUT2D eigenvalue weighted by Gasteiger charge is -2.09. The lowest BCUT2D eigenvalue weighted by atomic mass is 10.0. The van der Waals surface area contributed by atoms with Crippen LogP contribution in [0.2, 0.25) is 0 Å². The smallest absolute Gasteiger partial charge is 0.348 e. The average Bonchev–Trinajstić information content (AvgIpc) is 2.28. The van der Waals surface area contributed by atoms with Crippen LogP contribution in [0.25, 0.3) is 0 Å². The third kappa shape index (κ3) is 3.79. The monoisotopic (exact) mass is 234 g/mol. The summed E-state index contributed by atoms with van der Waals surface area (Å²) in [5, 5.41) is 2.66. The lowest BCUT2D eigenvalue weighted by Crippen LogP contribution is -2.25. The molecular weight excluding hydrogens is 216 g/mol. The summed E-state index contributed by atoms with van der Waals surface area (Å²) in [6, 6.07) is 5.37. The molecular formula is C12H18N4O. The van der Waals surface area contributed by atoms with Crippen molar-refractivity contribution in [1.29, 1.82) is 0 Å². The third-order valence-electron chi connectivity index (χ3n) is 2.43. The summed E-state index contributed by atoms with van der Waals surface area (Å²) in [6.07, 6.45) is 1.81. The first kappa shape index (κ1) is 13.0. The number of hydrogen-bond donors (Lipinski definition) is 3. The van der Waals surface area contributed by atoms with E-state index < -0.39 is 6.03 Å². The van der Waals surface area contributed by atoms with Gasteiger partial charge in [-0.3, -0.25) is 0 Å². The van der Waals surface area contributed by atoms with Gasteiger partial charge in [-0.1, -0.05) is 26.0 Å². The van der Waals surface area contributed by atoms with E-state index in [-0.39, 0.29) is 5.96 Å². The Morgan fingerprint density at radius 1 is 1.29 bits per heavy atom. The van der Waals surface area contributed by atoms with Gasteiger partial charge in [-0.05, 0) is 30.0 Å².